The van der Waals surface area contributed by atoms with Crippen LogP contribution in [0.2, 0.25) is 0 Å². The number of fused-ring (bicyclic) bond motifs is 13. The van der Waals surface area contributed by atoms with Crippen LogP contribution in [-0.4, -0.2) is 19.9 Å². The Morgan fingerprint density at radius 3 is 1.42 bits per heavy atom. The lowest BCUT2D eigenvalue weighted by Crippen LogP contribution is -2.32. The van der Waals surface area contributed by atoms with Gasteiger partial charge in [-0.15, -0.1) is 0 Å². The van der Waals surface area contributed by atoms with E-state index < -0.39 is 5.41 Å². The van der Waals surface area contributed by atoms with E-state index in [1.54, 1.807) is 0 Å². The van der Waals surface area contributed by atoms with Crippen LogP contribution in [0.25, 0.3) is 89.4 Å². The zero-order valence-corrected chi connectivity index (χ0v) is 34.5. The fraction of sp³-hybridized carbons (Fsp3) is 0.0169. The molecule has 64 heavy (non-hydrogen) atoms. The molecule has 0 amide bonds. The minimum absolute atomic E-state index is 0.566. The molecule has 1 spiro atoms. The van der Waals surface area contributed by atoms with Crippen LogP contribution >= 0.6 is 0 Å². The molecule has 13 rings (SSSR count). The summed E-state index contributed by atoms with van der Waals surface area (Å²) in [7, 11) is 0. The van der Waals surface area contributed by atoms with E-state index in [0.717, 1.165) is 83.4 Å². The van der Waals surface area contributed by atoms with Crippen molar-refractivity contribution in [3.8, 4) is 79.2 Å². The van der Waals surface area contributed by atoms with Gasteiger partial charge in [-0.1, -0.05) is 206 Å². The molecule has 0 radical (unpaired) electrons. The van der Waals surface area contributed by atoms with Gasteiger partial charge in [-0.25, -0.2) is 19.9 Å². The molecule has 5 nitrogen and oxygen atoms in total. The van der Waals surface area contributed by atoms with Gasteiger partial charge in [0.1, 0.15) is 11.5 Å². The Labute approximate surface area is 370 Å². The fourth-order valence-corrected chi connectivity index (χ4v) is 10.1. The topological polar surface area (TPSA) is 60.8 Å². The molecule has 11 aromatic rings. The van der Waals surface area contributed by atoms with Gasteiger partial charge in [0, 0.05) is 49.5 Å². The number of hydrogen-bond donors (Lipinski definition) is 0. The van der Waals surface area contributed by atoms with Gasteiger partial charge in [-0.2, -0.15) is 0 Å². The molecule has 5 heteroatoms. The van der Waals surface area contributed by atoms with Crippen LogP contribution in [-0.2, 0) is 5.41 Å². The quantitative estimate of drug-likeness (QED) is 0.162. The van der Waals surface area contributed by atoms with Gasteiger partial charge in [0.05, 0.1) is 16.6 Å². The molecule has 1 aliphatic heterocycles. The van der Waals surface area contributed by atoms with Crippen molar-refractivity contribution in [1.82, 2.24) is 19.9 Å². The average molecular weight is 817 g/mol. The number of rotatable bonds is 5. The monoisotopic (exact) mass is 816 g/mol. The van der Waals surface area contributed by atoms with Crippen molar-refractivity contribution in [3.05, 3.63) is 241 Å². The lowest BCUT2D eigenvalue weighted by atomic mass is 9.65. The Bertz CT molecular complexity index is 3580. The van der Waals surface area contributed by atoms with Crippen LogP contribution in [0.5, 0.6) is 11.5 Å². The maximum Gasteiger partial charge on any atom is 0.164 e. The van der Waals surface area contributed by atoms with Crippen molar-refractivity contribution in [2.75, 3.05) is 0 Å². The number of ether oxygens (including phenoxy) is 1. The van der Waals surface area contributed by atoms with Crippen molar-refractivity contribution >= 4 is 21.7 Å². The highest BCUT2D eigenvalue weighted by atomic mass is 16.5. The summed E-state index contributed by atoms with van der Waals surface area (Å²) in [6, 6.07) is 76.6. The van der Waals surface area contributed by atoms with E-state index in [2.05, 4.69) is 182 Å². The predicted octanol–water partition coefficient (Wildman–Crippen LogP) is 14.4. The number of para-hydroxylation sites is 2. The molecule has 3 heterocycles. The van der Waals surface area contributed by atoms with Crippen LogP contribution < -0.4 is 4.74 Å². The molecule has 0 bridgehead atoms. The summed E-state index contributed by atoms with van der Waals surface area (Å²) in [5.41, 5.74) is 14.5. The number of benzene rings is 9. The summed E-state index contributed by atoms with van der Waals surface area (Å²) in [5, 5.41) is 3.12. The van der Waals surface area contributed by atoms with Crippen molar-refractivity contribution in [1.29, 1.82) is 0 Å². The van der Waals surface area contributed by atoms with E-state index >= 15 is 0 Å². The first-order valence-corrected chi connectivity index (χ1v) is 21.6. The predicted molar refractivity (Wildman–Crippen MR) is 257 cm³/mol. The zero-order chi connectivity index (χ0) is 42.2. The molecule has 0 atom stereocenters. The molecule has 0 N–H and O–H groups in total. The second-order valence-electron chi connectivity index (χ2n) is 16.5. The summed E-state index contributed by atoms with van der Waals surface area (Å²) in [5.74, 6) is 3.56. The Morgan fingerprint density at radius 2 is 0.781 bits per heavy atom. The molecule has 2 aliphatic rings. The van der Waals surface area contributed by atoms with Gasteiger partial charge in [0.25, 0.3) is 0 Å². The second-order valence-corrected chi connectivity index (χ2v) is 16.5. The average Bonchev–Trinajstić information content (AvgIpc) is 3.67. The first kappa shape index (κ1) is 36.1. The highest BCUT2D eigenvalue weighted by Crippen LogP contribution is 2.63. The maximum atomic E-state index is 7.16. The molecule has 1 aliphatic carbocycles. The Kier molecular flexibility index (Phi) is 8.06. The number of aromatic nitrogens is 4. The van der Waals surface area contributed by atoms with Gasteiger partial charge in [0.2, 0.25) is 0 Å². The normalized spacial score (nSPS) is 12.9. The van der Waals surface area contributed by atoms with Crippen LogP contribution in [0, 0.1) is 0 Å². The Morgan fingerprint density at radius 1 is 0.312 bits per heavy atom. The zero-order valence-electron chi connectivity index (χ0n) is 34.5. The van der Waals surface area contributed by atoms with Crippen LogP contribution in [0.1, 0.15) is 22.3 Å². The van der Waals surface area contributed by atoms with E-state index in [4.69, 9.17) is 24.7 Å². The summed E-state index contributed by atoms with van der Waals surface area (Å²) in [6.07, 6.45) is 0. The van der Waals surface area contributed by atoms with Crippen molar-refractivity contribution in [3.63, 3.8) is 0 Å². The summed E-state index contributed by atoms with van der Waals surface area (Å²) < 4.78 is 7.16. The van der Waals surface area contributed by atoms with E-state index in [1.165, 1.54) is 22.3 Å². The molecule has 0 fully saturated rings. The highest BCUT2D eigenvalue weighted by Gasteiger charge is 2.51. The third-order valence-electron chi connectivity index (χ3n) is 13.0. The molecule has 0 unspecified atom stereocenters. The van der Waals surface area contributed by atoms with Crippen molar-refractivity contribution in [2.45, 2.75) is 5.41 Å². The fourth-order valence-electron chi connectivity index (χ4n) is 10.1. The lowest BCUT2D eigenvalue weighted by molar-refractivity contribution is 0.442. The third-order valence-corrected chi connectivity index (χ3v) is 13.0. The number of nitrogens with zero attached hydrogens (tertiary/aromatic N) is 4. The second kappa shape index (κ2) is 14.3. The van der Waals surface area contributed by atoms with Gasteiger partial charge in [0.15, 0.2) is 17.5 Å². The maximum absolute atomic E-state index is 7.16. The minimum Gasteiger partial charge on any atom is -0.456 e. The van der Waals surface area contributed by atoms with Crippen molar-refractivity contribution < 1.29 is 4.74 Å². The minimum atomic E-state index is -0.566. The first-order chi connectivity index (χ1) is 31.7. The van der Waals surface area contributed by atoms with Gasteiger partial charge in [-0.3, -0.25) is 0 Å². The van der Waals surface area contributed by atoms with Gasteiger partial charge < -0.3 is 4.74 Å². The molecule has 0 saturated heterocycles. The number of pyridine rings is 1. The van der Waals surface area contributed by atoms with E-state index in [-0.39, 0.29) is 0 Å². The molecule has 2 aromatic heterocycles. The van der Waals surface area contributed by atoms with Crippen LogP contribution in [0.15, 0.2) is 218 Å². The van der Waals surface area contributed by atoms with Gasteiger partial charge >= 0.3 is 0 Å². The third kappa shape index (κ3) is 5.44. The van der Waals surface area contributed by atoms with E-state index in [0.29, 0.717) is 17.5 Å². The SMILES string of the molecule is c1ccc(-c2ccc(-c3nc(-c4ccccc4)nc(-c4ccc(-c5nc6ccccc6c6c7c(ccc56)C5(c6ccccc6O7)c6ccccc6-c6ccccc65)cc4)n3)cc2)cc1. The standard InChI is InChI=1S/C59H36N4O/c1-3-15-37(16-4-1)38-27-31-41(32-28-38)57-61-56(40-17-5-2-6-18-40)62-58(63-57)42-33-29-39(30-34-42)54-46-35-36-50-55(53(46)45-21-9-13-25-51(45)60-54)64-52-26-14-12-24-49(52)59(50)47-22-10-7-19-43(47)44-20-8-11-23-48(44)59/h1-36H. The van der Waals surface area contributed by atoms with Crippen LogP contribution in [0.4, 0.5) is 0 Å². The molecule has 9 aromatic carbocycles. The summed E-state index contributed by atoms with van der Waals surface area (Å²) >= 11 is 0. The number of hydrogen-bond acceptors (Lipinski definition) is 5. The molecule has 0 saturated carbocycles. The van der Waals surface area contributed by atoms with Gasteiger partial charge in [-0.05, 0) is 45.5 Å². The Hall–Kier alpha value is -8.54. The summed E-state index contributed by atoms with van der Waals surface area (Å²) in [4.78, 5) is 20.5. The van der Waals surface area contributed by atoms with Crippen molar-refractivity contribution in [2.24, 2.45) is 0 Å². The molecule has 298 valence electrons. The highest BCUT2D eigenvalue weighted by molar-refractivity contribution is 6.15. The molecular formula is C59H36N4O. The lowest BCUT2D eigenvalue weighted by Gasteiger charge is -2.40. The van der Waals surface area contributed by atoms with Crippen LogP contribution in [0.3, 0.4) is 0 Å². The first-order valence-electron chi connectivity index (χ1n) is 21.6. The Balaban J connectivity index is 0.969. The van der Waals surface area contributed by atoms with E-state index in [1.807, 2.05) is 36.4 Å². The van der Waals surface area contributed by atoms with E-state index in [9.17, 15) is 0 Å². The smallest absolute Gasteiger partial charge is 0.164 e. The molecular weight excluding hydrogens is 781 g/mol. The largest absolute Gasteiger partial charge is 0.456 e. The summed E-state index contributed by atoms with van der Waals surface area (Å²) in [6.45, 7) is 0.